The predicted octanol–water partition coefficient (Wildman–Crippen LogP) is 2.04. The van der Waals surface area contributed by atoms with Crippen molar-refractivity contribution in [2.75, 3.05) is 20.1 Å². The molecule has 0 unspecified atom stereocenters. The van der Waals surface area contributed by atoms with Gasteiger partial charge in [0.1, 0.15) is 0 Å². The second-order valence-corrected chi connectivity index (χ2v) is 4.02. The van der Waals surface area contributed by atoms with Gasteiger partial charge in [-0.25, -0.2) is 8.78 Å². The highest BCUT2D eigenvalue weighted by molar-refractivity contribution is 5.85. The number of carbonyl (C=O) groups is 1. The summed E-state index contributed by atoms with van der Waals surface area (Å²) in [4.78, 5) is 11.4. The van der Waals surface area contributed by atoms with Crippen LogP contribution in [0.15, 0.2) is 18.2 Å². The maximum Gasteiger partial charge on any atom is 0.220 e. The Morgan fingerprint density at radius 3 is 2.68 bits per heavy atom. The van der Waals surface area contributed by atoms with E-state index in [9.17, 15) is 13.6 Å². The van der Waals surface area contributed by atoms with Gasteiger partial charge in [0.2, 0.25) is 5.91 Å². The van der Waals surface area contributed by atoms with Crippen molar-refractivity contribution in [1.29, 1.82) is 0 Å². The standard InChI is InChI=1S/C13H18F2N2O.ClH/c1-16-8-3-9-17-12(18)7-6-10-4-2-5-11(14)13(10)15;/h2,4-5,16H,3,6-9H2,1H3,(H,17,18);1H. The van der Waals surface area contributed by atoms with Crippen LogP contribution >= 0.6 is 12.4 Å². The first-order chi connectivity index (χ1) is 8.65. The van der Waals surface area contributed by atoms with Crippen molar-refractivity contribution in [3.63, 3.8) is 0 Å². The van der Waals surface area contributed by atoms with Gasteiger partial charge >= 0.3 is 0 Å². The number of hydrogen-bond donors (Lipinski definition) is 2. The molecule has 0 aliphatic heterocycles. The van der Waals surface area contributed by atoms with Crippen LogP contribution in [-0.4, -0.2) is 26.0 Å². The predicted molar refractivity (Wildman–Crippen MR) is 73.5 cm³/mol. The minimum Gasteiger partial charge on any atom is -0.356 e. The number of carbonyl (C=O) groups excluding carboxylic acids is 1. The number of nitrogens with one attached hydrogen (secondary N) is 2. The Hall–Kier alpha value is -1.20. The van der Waals surface area contributed by atoms with Crippen LogP contribution in [0.5, 0.6) is 0 Å². The van der Waals surface area contributed by atoms with E-state index in [1.54, 1.807) is 0 Å². The fourth-order valence-electron chi connectivity index (χ4n) is 1.57. The Bertz CT molecular complexity index is 402. The summed E-state index contributed by atoms with van der Waals surface area (Å²) in [6, 6.07) is 4.00. The molecule has 0 bridgehead atoms. The van der Waals surface area contributed by atoms with Crippen molar-refractivity contribution in [3.8, 4) is 0 Å². The zero-order chi connectivity index (χ0) is 13.4. The van der Waals surface area contributed by atoms with Crippen LogP contribution in [-0.2, 0) is 11.2 Å². The molecule has 0 fully saturated rings. The maximum absolute atomic E-state index is 13.3. The van der Waals surface area contributed by atoms with Crippen molar-refractivity contribution in [3.05, 3.63) is 35.4 Å². The molecule has 6 heteroatoms. The topological polar surface area (TPSA) is 41.1 Å². The lowest BCUT2D eigenvalue weighted by Crippen LogP contribution is -2.26. The van der Waals surface area contributed by atoms with Crippen LogP contribution in [0, 0.1) is 11.6 Å². The molecule has 0 aromatic heterocycles. The van der Waals surface area contributed by atoms with Crippen LogP contribution < -0.4 is 10.6 Å². The van der Waals surface area contributed by atoms with Crippen LogP contribution in [0.1, 0.15) is 18.4 Å². The van der Waals surface area contributed by atoms with E-state index in [4.69, 9.17) is 0 Å². The summed E-state index contributed by atoms with van der Waals surface area (Å²) in [7, 11) is 1.84. The Balaban J connectivity index is 0.00000324. The van der Waals surface area contributed by atoms with Crippen LogP contribution in [0.4, 0.5) is 8.78 Å². The largest absolute Gasteiger partial charge is 0.356 e. The second kappa shape index (κ2) is 9.69. The highest BCUT2D eigenvalue weighted by atomic mass is 35.5. The molecule has 0 atom stereocenters. The smallest absolute Gasteiger partial charge is 0.220 e. The molecule has 1 aromatic carbocycles. The molecule has 0 aliphatic carbocycles. The summed E-state index contributed by atoms with van der Waals surface area (Å²) in [5.41, 5.74) is 0.236. The molecule has 0 saturated carbocycles. The molecule has 0 heterocycles. The lowest BCUT2D eigenvalue weighted by Gasteiger charge is -2.06. The van der Waals surface area contributed by atoms with Gasteiger partial charge in [0.25, 0.3) is 0 Å². The molecule has 1 rings (SSSR count). The van der Waals surface area contributed by atoms with Gasteiger partial charge < -0.3 is 10.6 Å². The fourth-order valence-corrected chi connectivity index (χ4v) is 1.57. The summed E-state index contributed by atoms with van der Waals surface area (Å²) in [5.74, 6) is -1.88. The first-order valence-electron chi connectivity index (χ1n) is 5.99. The Kier molecular flexibility index (Phi) is 9.08. The Morgan fingerprint density at radius 2 is 2.00 bits per heavy atom. The van der Waals surface area contributed by atoms with Crippen molar-refractivity contribution in [2.24, 2.45) is 0 Å². The number of rotatable bonds is 7. The van der Waals surface area contributed by atoms with Crippen molar-refractivity contribution in [1.82, 2.24) is 10.6 Å². The first kappa shape index (κ1) is 17.8. The average molecular weight is 293 g/mol. The Morgan fingerprint density at radius 1 is 1.26 bits per heavy atom. The molecule has 3 nitrogen and oxygen atoms in total. The summed E-state index contributed by atoms with van der Waals surface area (Å²) in [6.07, 6.45) is 1.22. The lowest BCUT2D eigenvalue weighted by atomic mass is 10.1. The molecule has 2 N–H and O–H groups in total. The number of aryl methyl sites for hydroxylation is 1. The SMILES string of the molecule is CNCCCNC(=O)CCc1cccc(F)c1F.Cl. The fraction of sp³-hybridized carbons (Fsp3) is 0.462. The molecular formula is C13H19ClF2N2O. The molecular weight excluding hydrogens is 274 g/mol. The number of hydrogen-bond acceptors (Lipinski definition) is 2. The molecule has 0 saturated heterocycles. The highest BCUT2D eigenvalue weighted by Gasteiger charge is 2.09. The van der Waals surface area contributed by atoms with E-state index in [-0.39, 0.29) is 36.7 Å². The van der Waals surface area contributed by atoms with Crippen molar-refractivity contribution in [2.45, 2.75) is 19.3 Å². The maximum atomic E-state index is 13.3. The van der Waals surface area contributed by atoms with Gasteiger partial charge in [-0.15, -0.1) is 12.4 Å². The van der Waals surface area contributed by atoms with Gasteiger partial charge in [-0.05, 0) is 38.1 Å². The molecule has 0 radical (unpaired) electrons. The third kappa shape index (κ3) is 6.50. The van der Waals surface area contributed by atoms with E-state index in [1.165, 1.54) is 12.1 Å². The average Bonchev–Trinajstić information content (AvgIpc) is 2.36. The molecule has 108 valence electrons. The van der Waals surface area contributed by atoms with E-state index in [0.717, 1.165) is 19.0 Å². The zero-order valence-electron chi connectivity index (χ0n) is 10.8. The molecule has 0 spiro atoms. The normalized spacial score (nSPS) is 9.84. The zero-order valence-corrected chi connectivity index (χ0v) is 11.7. The molecule has 1 aromatic rings. The molecule has 0 aliphatic rings. The molecule has 1 amide bonds. The number of amides is 1. The van der Waals surface area contributed by atoms with Gasteiger partial charge in [0.05, 0.1) is 0 Å². The summed E-state index contributed by atoms with van der Waals surface area (Å²) in [5, 5.41) is 5.70. The van der Waals surface area contributed by atoms with E-state index < -0.39 is 11.6 Å². The van der Waals surface area contributed by atoms with Crippen LogP contribution in [0.3, 0.4) is 0 Å². The van der Waals surface area contributed by atoms with Gasteiger partial charge in [-0.2, -0.15) is 0 Å². The highest BCUT2D eigenvalue weighted by Crippen LogP contribution is 2.12. The summed E-state index contributed by atoms with van der Waals surface area (Å²) in [6.45, 7) is 1.42. The molecule has 19 heavy (non-hydrogen) atoms. The third-order valence-electron chi connectivity index (χ3n) is 2.58. The van der Waals surface area contributed by atoms with E-state index >= 15 is 0 Å². The third-order valence-corrected chi connectivity index (χ3v) is 2.58. The van der Waals surface area contributed by atoms with Gasteiger partial charge in [0.15, 0.2) is 11.6 Å². The van der Waals surface area contributed by atoms with Crippen molar-refractivity contribution >= 4 is 18.3 Å². The second-order valence-electron chi connectivity index (χ2n) is 4.02. The summed E-state index contributed by atoms with van der Waals surface area (Å²) >= 11 is 0. The van der Waals surface area contributed by atoms with Gasteiger partial charge in [0, 0.05) is 13.0 Å². The van der Waals surface area contributed by atoms with E-state index in [1.807, 2.05) is 7.05 Å². The Labute approximate surface area is 118 Å². The van der Waals surface area contributed by atoms with Crippen LogP contribution in [0.25, 0.3) is 0 Å². The number of benzene rings is 1. The van der Waals surface area contributed by atoms with Gasteiger partial charge in [-0.3, -0.25) is 4.79 Å². The van der Waals surface area contributed by atoms with E-state index in [0.29, 0.717) is 6.54 Å². The van der Waals surface area contributed by atoms with E-state index in [2.05, 4.69) is 10.6 Å². The minimum atomic E-state index is -0.873. The summed E-state index contributed by atoms with van der Waals surface area (Å²) < 4.78 is 26.2. The minimum absolute atomic E-state index is 0. The lowest BCUT2D eigenvalue weighted by molar-refractivity contribution is -0.121. The van der Waals surface area contributed by atoms with Crippen molar-refractivity contribution < 1.29 is 13.6 Å². The van der Waals surface area contributed by atoms with Gasteiger partial charge in [-0.1, -0.05) is 12.1 Å². The quantitative estimate of drug-likeness (QED) is 0.755. The number of halogens is 3. The first-order valence-corrected chi connectivity index (χ1v) is 5.99. The monoisotopic (exact) mass is 292 g/mol. The van der Waals surface area contributed by atoms with Crippen LogP contribution in [0.2, 0.25) is 0 Å².